The molecular weight excluding hydrogens is 325 g/mol. The maximum atomic E-state index is 12.3. The lowest BCUT2D eigenvalue weighted by Crippen LogP contribution is -2.37. The number of hydrogen-bond acceptors (Lipinski definition) is 3. The lowest BCUT2D eigenvalue weighted by Gasteiger charge is -2.23. The Labute approximate surface area is 137 Å². The standard InChI is InChI=1S/C16H11Cl2NO3/c17-10-6-11(18)8-12(7-10)19-15(20)14-5-9-3-1-2-4-13(9)16(21)22-14/h1-4,6-8,14H,5H2,(H,19,20). The summed E-state index contributed by atoms with van der Waals surface area (Å²) >= 11 is 11.8. The number of rotatable bonds is 2. The molecule has 0 bridgehead atoms. The van der Waals surface area contributed by atoms with Crippen LogP contribution in [0.1, 0.15) is 15.9 Å². The molecule has 2 aromatic rings. The molecule has 0 saturated heterocycles. The third kappa shape index (κ3) is 3.08. The molecule has 2 aromatic carbocycles. The van der Waals surface area contributed by atoms with Crippen molar-refractivity contribution in [2.45, 2.75) is 12.5 Å². The van der Waals surface area contributed by atoms with Crippen LogP contribution in [-0.2, 0) is 16.0 Å². The summed E-state index contributed by atoms with van der Waals surface area (Å²) < 4.78 is 5.19. The highest BCUT2D eigenvalue weighted by Crippen LogP contribution is 2.24. The third-order valence-corrected chi connectivity index (χ3v) is 3.75. The van der Waals surface area contributed by atoms with Crippen LogP contribution in [0.15, 0.2) is 42.5 Å². The van der Waals surface area contributed by atoms with Crippen molar-refractivity contribution < 1.29 is 14.3 Å². The molecule has 1 atom stereocenters. The van der Waals surface area contributed by atoms with Crippen molar-refractivity contribution in [2.75, 3.05) is 5.32 Å². The summed E-state index contributed by atoms with van der Waals surface area (Å²) in [7, 11) is 0. The lowest BCUT2D eigenvalue weighted by atomic mass is 9.98. The van der Waals surface area contributed by atoms with Gasteiger partial charge in [-0.3, -0.25) is 4.79 Å². The van der Waals surface area contributed by atoms with E-state index in [2.05, 4.69) is 5.32 Å². The van der Waals surface area contributed by atoms with Crippen molar-refractivity contribution >= 4 is 40.8 Å². The minimum absolute atomic E-state index is 0.335. The van der Waals surface area contributed by atoms with E-state index in [1.165, 1.54) is 0 Å². The first kappa shape index (κ1) is 14.9. The van der Waals surface area contributed by atoms with Gasteiger partial charge in [0, 0.05) is 22.2 Å². The number of esters is 1. The lowest BCUT2D eigenvalue weighted by molar-refractivity contribution is -0.125. The van der Waals surface area contributed by atoms with Crippen LogP contribution in [-0.4, -0.2) is 18.0 Å². The predicted octanol–water partition coefficient (Wildman–Crippen LogP) is 3.71. The largest absolute Gasteiger partial charge is 0.448 e. The second kappa shape index (κ2) is 5.99. The second-order valence-electron chi connectivity index (χ2n) is 4.90. The molecule has 0 aromatic heterocycles. The highest BCUT2D eigenvalue weighted by atomic mass is 35.5. The number of carbonyl (C=O) groups excluding carboxylic acids is 2. The van der Waals surface area contributed by atoms with Gasteiger partial charge < -0.3 is 10.1 Å². The summed E-state index contributed by atoms with van der Waals surface area (Å²) in [6, 6.07) is 11.8. The molecule has 1 N–H and O–H groups in total. The second-order valence-corrected chi connectivity index (χ2v) is 5.78. The zero-order valence-corrected chi connectivity index (χ0v) is 12.8. The van der Waals surface area contributed by atoms with Gasteiger partial charge in [0.1, 0.15) is 0 Å². The number of amides is 1. The number of fused-ring (bicyclic) bond motifs is 1. The number of ether oxygens (including phenoxy) is 1. The number of halogens is 2. The van der Waals surface area contributed by atoms with Crippen LogP contribution in [0.3, 0.4) is 0 Å². The molecule has 112 valence electrons. The van der Waals surface area contributed by atoms with Gasteiger partial charge in [-0.15, -0.1) is 0 Å². The molecule has 0 spiro atoms. The van der Waals surface area contributed by atoms with E-state index in [-0.39, 0.29) is 0 Å². The molecule has 1 heterocycles. The van der Waals surface area contributed by atoms with Crippen LogP contribution in [0.4, 0.5) is 5.69 Å². The van der Waals surface area contributed by atoms with Gasteiger partial charge in [-0.25, -0.2) is 4.79 Å². The van der Waals surface area contributed by atoms with Crippen LogP contribution in [0, 0.1) is 0 Å². The first-order valence-electron chi connectivity index (χ1n) is 6.59. The van der Waals surface area contributed by atoms with Crippen molar-refractivity contribution in [1.29, 1.82) is 0 Å². The molecule has 1 unspecified atom stereocenters. The van der Waals surface area contributed by atoms with Crippen molar-refractivity contribution in [3.05, 3.63) is 63.6 Å². The van der Waals surface area contributed by atoms with E-state index in [1.807, 2.05) is 12.1 Å². The van der Waals surface area contributed by atoms with E-state index in [1.54, 1.807) is 30.3 Å². The van der Waals surface area contributed by atoms with Crippen molar-refractivity contribution in [2.24, 2.45) is 0 Å². The van der Waals surface area contributed by atoms with Crippen LogP contribution < -0.4 is 5.32 Å². The fourth-order valence-electron chi connectivity index (χ4n) is 2.33. The number of nitrogens with one attached hydrogen (secondary N) is 1. The molecule has 0 radical (unpaired) electrons. The fourth-order valence-corrected chi connectivity index (χ4v) is 2.85. The smallest absolute Gasteiger partial charge is 0.339 e. The molecule has 1 amide bonds. The molecule has 1 aliphatic heterocycles. The van der Waals surface area contributed by atoms with E-state index in [0.717, 1.165) is 5.56 Å². The SMILES string of the molecule is O=C1OC(C(=O)Nc2cc(Cl)cc(Cl)c2)Cc2ccccc21. The van der Waals surface area contributed by atoms with E-state index in [0.29, 0.717) is 27.7 Å². The summed E-state index contributed by atoms with van der Waals surface area (Å²) in [5.74, 6) is -0.910. The Balaban J connectivity index is 1.78. The summed E-state index contributed by atoms with van der Waals surface area (Å²) in [6.45, 7) is 0. The van der Waals surface area contributed by atoms with Gasteiger partial charge in [0.2, 0.25) is 0 Å². The van der Waals surface area contributed by atoms with Gasteiger partial charge in [0.05, 0.1) is 5.56 Å². The topological polar surface area (TPSA) is 55.4 Å². The first-order valence-corrected chi connectivity index (χ1v) is 7.34. The fraction of sp³-hybridized carbons (Fsp3) is 0.125. The molecule has 0 aliphatic carbocycles. The van der Waals surface area contributed by atoms with Crippen molar-refractivity contribution in [1.82, 2.24) is 0 Å². The first-order chi connectivity index (χ1) is 10.5. The summed E-state index contributed by atoms with van der Waals surface area (Å²) in [5.41, 5.74) is 1.75. The minimum atomic E-state index is -0.875. The number of benzene rings is 2. The third-order valence-electron chi connectivity index (χ3n) is 3.31. The summed E-state index contributed by atoms with van der Waals surface area (Å²) in [6.07, 6.45) is -0.539. The van der Waals surface area contributed by atoms with Crippen LogP contribution in [0.2, 0.25) is 10.0 Å². The van der Waals surface area contributed by atoms with Gasteiger partial charge in [-0.1, -0.05) is 41.4 Å². The van der Waals surface area contributed by atoms with E-state index in [4.69, 9.17) is 27.9 Å². The predicted molar refractivity (Wildman–Crippen MR) is 84.4 cm³/mol. The molecule has 1 aliphatic rings. The van der Waals surface area contributed by atoms with E-state index >= 15 is 0 Å². The number of cyclic esters (lactones) is 1. The zero-order valence-electron chi connectivity index (χ0n) is 11.3. The molecule has 6 heteroatoms. The minimum Gasteiger partial charge on any atom is -0.448 e. The highest BCUT2D eigenvalue weighted by molar-refractivity contribution is 6.35. The quantitative estimate of drug-likeness (QED) is 0.851. The molecule has 22 heavy (non-hydrogen) atoms. The Kier molecular flexibility index (Phi) is 4.05. The van der Waals surface area contributed by atoms with E-state index in [9.17, 15) is 9.59 Å². The van der Waals surface area contributed by atoms with Gasteiger partial charge in [0.15, 0.2) is 6.10 Å². The molecule has 0 fully saturated rings. The molecule has 0 saturated carbocycles. The van der Waals surface area contributed by atoms with Crippen LogP contribution in [0.25, 0.3) is 0 Å². The number of carbonyl (C=O) groups is 2. The summed E-state index contributed by atoms with van der Waals surface area (Å²) in [5, 5.41) is 3.48. The van der Waals surface area contributed by atoms with Crippen LogP contribution in [0.5, 0.6) is 0 Å². The Hall–Kier alpha value is -2.04. The van der Waals surface area contributed by atoms with Gasteiger partial charge >= 0.3 is 5.97 Å². The Bertz CT molecular complexity index is 741. The molecular formula is C16H11Cl2NO3. The average Bonchev–Trinajstić information content (AvgIpc) is 2.46. The van der Waals surface area contributed by atoms with Crippen molar-refractivity contribution in [3.63, 3.8) is 0 Å². The Morgan fingerprint density at radius 1 is 1.14 bits per heavy atom. The van der Waals surface area contributed by atoms with Crippen LogP contribution >= 0.6 is 23.2 Å². The Morgan fingerprint density at radius 2 is 1.82 bits per heavy atom. The number of anilines is 1. The van der Waals surface area contributed by atoms with E-state index < -0.39 is 18.0 Å². The number of hydrogen-bond donors (Lipinski definition) is 1. The molecule has 3 rings (SSSR count). The zero-order chi connectivity index (χ0) is 15.7. The normalized spacial score (nSPS) is 16.6. The molecule has 4 nitrogen and oxygen atoms in total. The summed E-state index contributed by atoms with van der Waals surface area (Å²) in [4.78, 5) is 24.2. The van der Waals surface area contributed by atoms with Gasteiger partial charge in [0.25, 0.3) is 5.91 Å². The maximum Gasteiger partial charge on any atom is 0.339 e. The average molecular weight is 336 g/mol. The highest BCUT2D eigenvalue weighted by Gasteiger charge is 2.31. The van der Waals surface area contributed by atoms with Gasteiger partial charge in [-0.2, -0.15) is 0 Å². The monoisotopic (exact) mass is 335 g/mol. The van der Waals surface area contributed by atoms with Gasteiger partial charge in [-0.05, 0) is 29.8 Å². The maximum absolute atomic E-state index is 12.3. The Morgan fingerprint density at radius 3 is 2.55 bits per heavy atom. The van der Waals surface area contributed by atoms with Crippen molar-refractivity contribution in [3.8, 4) is 0 Å².